The van der Waals surface area contributed by atoms with Gasteiger partial charge in [-0.15, -0.1) is 10.2 Å². The minimum Gasteiger partial charge on any atom is -0.484 e. The Morgan fingerprint density at radius 2 is 1.96 bits per heavy atom. The van der Waals surface area contributed by atoms with Gasteiger partial charge in [-0.3, -0.25) is 4.79 Å². The van der Waals surface area contributed by atoms with E-state index >= 15 is 0 Å². The summed E-state index contributed by atoms with van der Waals surface area (Å²) in [5.41, 5.74) is 0.761. The van der Waals surface area contributed by atoms with Crippen LogP contribution in [0.5, 0.6) is 5.75 Å². The van der Waals surface area contributed by atoms with E-state index in [-0.39, 0.29) is 36.1 Å². The van der Waals surface area contributed by atoms with Crippen LogP contribution in [0, 0.1) is 0 Å². The lowest BCUT2D eigenvalue weighted by Crippen LogP contribution is -2.45. The minimum absolute atomic E-state index is 0.0636. The summed E-state index contributed by atoms with van der Waals surface area (Å²) in [6.07, 6.45) is 3.64. The summed E-state index contributed by atoms with van der Waals surface area (Å²) >= 11 is 0. The first-order valence-corrected chi connectivity index (χ1v) is 10.3. The van der Waals surface area contributed by atoms with Crippen molar-refractivity contribution in [1.82, 2.24) is 15.1 Å². The fourth-order valence-electron chi connectivity index (χ4n) is 3.27. The highest BCUT2D eigenvalue weighted by atomic mass is 32.2. The lowest BCUT2D eigenvalue weighted by Gasteiger charge is -2.28. The molecule has 2 aliphatic rings. The summed E-state index contributed by atoms with van der Waals surface area (Å²) in [6.45, 7) is -0.104. The van der Waals surface area contributed by atoms with Crippen molar-refractivity contribution in [3.63, 3.8) is 0 Å². The monoisotopic (exact) mass is 377 g/mol. The molecule has 0 unspecified atom stereocenters. The van der Waals surface area contributed by atoms with E-state index in [1.807, 2.05) is 0 Å². The molecule has 26 heavy (non-hydrogen) atoms. The van der Waals surface area contributed by atoms with E-state index in [9.17, 15) is 13.2 Å². The number of rotatable bonds is 6. The Labute approximate surface area is 151 Å². The van der Waals surface area contributed by atoms with Gasteiger partial charge in [-0.05, 0) is 43.5 Å². The molecule has 138 valence electrons. The predicted octanol–water partition coefficient (Wildman–Crippen LogP) is 1.29. The SMILES string of the molecule is O=C(COc1ccc(-c2nnco2)cc1)N(C1CC1)[C@@H]1CCS(=O)(=O)C1. The van der Waals surface area contributed by atoms with Crippen LogP contribution >= 0.6 is 0 Å². The van der Waals surface area contributed by atoms with Crippen molar-refractivity contribution in [3.8, 4) is 17.2 Å². The number of sulfone groups is 1. The Balaban J connectivity index is 1.38. The van der Waals surface area contributed by atoms with Crippen molar-refractivity contribution in [2.45, 2.75) is 31.3 Å². The number of amides is 1. The zero-order valence-corrected chi connectivity index (χ0v) is 14.9. The zero-order valence-electron chi connectivity index (χ0n) is 14.1. The molecule has 1 aliphatic heterocycles. The molecular weight excluding hydrogens is 358 g/mol. The summed E-state index contributed by atoms with van der Waals surface area (Å²) in [4.78, 5) is 14.4. The Bertz CT molecular complexity index is 876. The van der Waals surface area contributed by atoms with Crippen LogP contribution in [0.4, 0.5) is 0 Å². The van der Waals surface area contributed by atoms with Gasteiger partial charge in [0.25, 0.3) is 5.91 Å². The molecule has 1 amide bonds. The normalized spacial score (nSPS) is 21.5. The summed E-state index contributed by atoms with van der Waals surface area (Å²) in [7, 11) is -3.03. The van der Waals surface area contributed by atoms with E-state index in [1.165, 1.54) is 6.39 Å². The van der Waals surface area contributed by atoms with Gasteiger partial charge in [0.05, 0.1) is 11.5 Å². The summed E-state index contributed by atoms with van der Waals surface area (Å²) in [6, 6.07) is 6.95. The number of aromatic nitrogens is 2. The number of hydrogen-bond donors (Lipinski definition) is 0. The van der Waals surface area contributed by atoms with E-state index in [0.717, 1.165) is 18.4 Å². The lowest BCUT2D eigenvalue weighted by molar-refractivity contribution is -0.135. The number of carbonyl (C=O) groups is 1. The van der Waals surface area contributed by atoms with Gasteiger partial charge in [0.2, 0.25) is 12.3 Å². The van der Waals surface area contributed by atoms with Crippen LogP contribution in [0.3, 0.4) is 0 Å². The second-order valence-corrected chi connectivity index (χ2v) is 8.87. The van der Waals surface area contributed by atoms with Crippen LogP contribution in [0.25, 0.3) is 11.5 Å². The molecule has 1 aromatic carbocycles. The number of ether oxygens (including phenoxy) is 1. The highest BCUT2D eigenvalue weighted by Gasteiger charge is 2.42. The largest absolute Gasteiger partial charge is 0.484 e. The van der Waals surface area contributed by atoms with Crippen LogP contribution in [0.15, 0.2) is 35.1 Å². The molecule has 2 aromatic rings. The average molecular weight is 377 g/mol. The van der Waals surface area contributed by atoms with Gasteiger partial charge in [0, 0.05) is 17.6 Å². The van der Waals surface area contributed by atoms with Crippen LogP contribution in [0.2, 0.25) is 0 Å². The van der Waals surface area contributed by atoms with Crippen LogP contribution in [0.1, 0.15) is 19.3 Å². The molecule has 0 bridgehead atoms. The minimum atomic E-state index is -3.03. The third-order valence-electron chi connectivity index (χ3n) is 4.65. The topological polar surface area (TPSA) is 103 Å². The van der Waals surface area contributed by atoms with Crippen molar-refractivity contribution in [2.24, 2.45) is 0 Å². The van der Waals surface area contributed by atoms with Crippen molar-refractivity contribution >= 4 is 15.7 Å². The molecule has 1 atom stereocenters. The highest BCUT2D eigenvalue weighted by Crippen LogP contribution is 2.32. The molecule has 2 heterocycles. The third-order valence-corrected chi connectivity index (χ3v) is 6.40. The number of carbonyl (C=O) groups excluding carboxylic acids is 1. The molecule has 0 radical (unpaired) electrons. The Kier molecular flexibility index (Phi) is 4.39. The molecule has 0 spiro atoms. The molecule has 1 saturated heterocycles. The van der Waals surface area contributed by atoms with E-state index in [1.54, 1.807) is 29.2 Å². The van der Waals surface area contributed by atoms with Crippen LogP contribution < -0.4 is 4.74 Å². The fourth-order valence-corrected chi connectivity index (χ4v) is 4.98. The number of benzene rings is 1. The lowest BCUT2D eigenvalue weighted by atomic mass is 10.2. The van der Waals surface area contributed by atoms with E-state index in [2.05, 4.69) is 10.2 Å². The molecule has 4 rings (SSSR count). The predicted molar refractivity (Wildman–Crippen MR) is 92.2 cm³/mol. The van der Waals surface area contributed by atoms with Crippen LogP contribution in [-0.2, 0) is 14.6 Å². The Morgan fingerprint density at radius 3 is 2.54 bits per heavy atom. The van der Waals surface area contributed by atoms with Crippen molar-refractivity contribution in [1.29, 1.82) is 0 Å². The van der Waals surface area contributed by atoms with E-state index in [4.69, 9.17) is 9.15 Å². The highest BCUT2D eigenvalue weighted by molar-refractivity contribution is 7.91. The molecule has 1 aliphatic carbocycles. The van der Waals surface area contributed by atoms with Gasteiger partial charge >= 0.3 is 0 Å². The summed E-state index contributed by atoms with van der Waals surface area (Å²) in [5.74, 6) is 1.03. The van der Waals surface area contributed by atoms with Gasteiger partial charge in [0.1, 0.15) is 5.75 Å². The number of hydrogen-bond acceptors (Lipinski definition) is 7. The van der Waals surface area contributed by atoms with Crippen molar-refractivity contribution in [2.75, 3.05) is 18.1 Å². The Morgan fingerprint density at radius 1 is 1.19 bits per heavy atom. The van der Waals surface area contributed by atoms with Gasteiger partial charge < -0.3 is 14.1 Å². The first-order valence-electron chi connectivity index (χ1n) is 8.53. The quantitative estimate of drug-likeness (QED) is 0.747. The summed E-state index contributed by atoms with van der Waals surface area (Å²) in [5, 5.41) is 7.46. The maximum atomic E-state index is 12.6. The summed E-state index contributed by atoms with van der Waals surface area (Å²) < 4.78 is 34.2. The Hall–Kier alpha value is -2.42. The fraction of sp³-hybridized carbons (Fsp3) is 0.471. The van der Waals surface area contributed by atoms with Crippen molar-refractivity contribution in [3.05, 3.63) is 30.7 Å². The molecule has 1 saturated carbocycles. The van der Waals surface area contributed by atoms with Gasteiger partial charge in [-0.2, -0.15) is 0 Å². The molecule has 8 nitrogen and oxygen atoms in total. The van der Waals surface area contributed by atoms with Gasteiger partial charge in [-0.25, -0.2) is 8.42 Å². The molecule has 1 aromatic heterocycles. The molecular formula is C17H19N3O5S. The van der Waals surface area contributed by atoms with Gasteiger partial charge in [0.15, 0.2) is 16.4 Å². The maximum absolute atomic E-state index is 12.6. The molecule has 9 heteroatoms. The van der Waals surface area contributed by atoms with E-state index < -0.39 is 9.84 Å². The number of nitrogens with zero attached hydrogens (tertiary/aromatic N) is 3. The second kappa shape index (κ2) is 6.71. The van der Waals surface area contributed by atoms with E-state index in [0.29, 0.717) is 18.1 Å². The van der Waals surface area contributed by atoms with Crippen molar-refractivity contribution < 1.29 is 22.4 Å². The molecule has 0 N–H and O–H groups in total. The third kappa shape index (κ3) is 3.72. The average Bonchev–Trinajstić information content (AvgIpc) is 3.16. The standard InChI is InChI=1S/C17H19N3O5S/c21-16(20(13-3-4-13)14-7-8-26(22,23)10-14)9-24-15-5-1-12(2-6-15)17-19-18-11-25-17/h1-2,5-6,11,13-14H,3-4,7-10H2/t14-/m1/s1. The first kappa shape index (κ1) is 17.0. The first-order chi connectivity index (χ1) is 12.5. The maximum Gasteiger partial charge on any atom is 0.261 e. The zero-order chi connectivity index (χ0) is 18.1. The molecule has 2 fully saturated rings. The second-order valence-electron chi connectivity index (χ2n) is 6.65. The van der Waals surface area contributed by atoms with Crippen LogP contribution in [-0.4, -0.2) is 59.6 Å². The smallest absolute Gasteiger partial charge is 0.261 e. The van der Waals surface area contributed by atoms with Gasteiger partial charge in [-0.1, -0.05) is 0 Å².